The maximum atomic E-state index is 12.2. The summed E-state index contributed by atoms with van der Waals surface area (Å²) in [5.41, 5.74) is 0.848. The van der Waals surface area contributed by atoms with Crippen LogP contribution in [0.5, 0.6) is 5.75 Å². The van der Waals surface area contributed by atoms with Crippen molar-refractivity contribution < 1.29 is 32.0 Å². The lowest BCUT2D eigenvalue weighted by atomic mass is 10.1. The Hall–Kier alpha value is -1.93. The van der Waals surface area contributed by atoms with E-state index in [4.69, 9.17) is 14.0 Å². The largest absolute Gasteiger partial charge is 0.461 e. The van der Waals surface area contributed by atoms with Gasteiger partial charge in [-0.05, 0) is 37.5 Å². The number of benzene rings is 1. The smallest absolute Gasteiger partial charge is 0.341 e. The van der Waals surface area contributed by atoms with E-state index in [1.807, 2.05) is 0 Å². The van der Waals surface area contributed by atoms with Crippen LogP contribution in [0.15, 0.2) is 18.2 Å². The van der Waals surface area contributed by atoms with E-state index in [0.29, 0.717) is 0 Å². The third-order valence-corrected chi connectivity index (χ3v) is 4.51. The van der Waals surface area contributed by atoms with E-state index in [0.717, 1.165) is 31.2 Å². The minimum absolute atomic E-state index is 0.0438. The van der Waals surface area contributed by atoms with Gasteiger partial charge in [0.25, 0.3) is 10.1 Å². The lowest BCUT2D eigenvalue weighted by molar-refractivity contribution is -0.138. The van der Waals surface area contributed by atoms with Crippen LogP contribution >= 0.6 is 0 Å². The van der Waals surface area contributed by atoms with E-state index in [1.165, 1.54) is 6.07 Å². The lowest BCUT2D eigenvalue weighted by Crippen LogP contribution is -2.20. The number of rotatable bonds is 6. The van der Waals surface area contributed by atoms with Gasteiger partial charge in [0.15, 0.2) is 0 Å². The number of hydrogen-bond donors (Lipinski definition) is 1. The highest BCUT2D eigenvalue weighted by molar-refractivity contribution is 7.85. The second-order valence-corrected chi connectivity index (χ2v) is 7.40. The molecule has 8 heteroatoms. The minimum atomic E-state index is -4.21. The van der Waals surface area contributed by atoms with Crippen LogP contribution in [0.25, 0.3) is 0 Å². The SMILES string of the molecule is Cc1ccc(C(=O)OCCS(=O)(=O)O)c(OC(=O)C2CCCC2)c1. The summed E-state index contributed by atoms with van der Waals surface area (Å²) in [6.45, 7) is 1.31. The third kappa shape index (κ3) is 5.31. The second-order valence-electron chi connectivity index (χ2n) is 5.82. The van der Waals surface area contributed by atoms with Gasteiger partial charge < -0.3 is 9.47 Å². The molecule has 0 saturated heterocycles. The molecule has 1 fully saturated rings. The van der Waals surface area contributed by atoms with Gasteiger partial charge in [0.05, 0.1) is 5.92 Å². The quantitative estimate of drug-likeness (QED) is 0.473. The second kappa shape index (κ2) is 7.76. The van der Waals surface area contributed by atoms with Gasteiger partial charge in [-0.25, -0.2) is 4.79 Å². The van der Waals surface area contributed by atoms with E-state index in [-0.39, 0.29) is 23.2 Å². The molecule has 0 bridgehead atoms. The molecule has 1 aromatic rings. The average molecular weight is 356 g/mol. The molecule has 7 nitrogen and oxygen atoms in total. The lowest BCUT2D eigenvalue weighted by Gasteiger charge is -2.13. The molecule has 0 heterocycles. The number of esters is 2. The highest BCUT2D eigenvalue weighted by Gasteiger charge is 2.26. The summed E-state index contributed by atoms with van der Waals surface area (Å²) in [6.07, 6.45) is 3.52. The summed E-state index contributed by atoms with van der Waals surface area (Å²) in [5.74, 6) is -1.93. The van der Waals surface area contributed by atoms with E-state index < -0.39 is 28.4 Å². The normalized spacial score (nSPS) is 15.2. The number of carbonyl (C=O) groups is 2. The van der Waals surface area contributed by atoms with Crippen molar-refractivity contribution in [2.45, 2.75) is 32.6 Å². The predicted molar refractivity (Wildman–Crippen MR) is 85.5 cm³/mol. The molecule has 0 radical (unpaired) electrons. The molecule has 0 amide bonds. The zero-order valence-corrected chi connectivity index (χ0v) is 14.2. The Kier molecular flexibility index (Phi) is 5.95. The van der Waals surface area contributed by atoms with Crippen LogP contribution in [0.2, 0.25) is 0 Å². The Morgan fingerprint density at radius 3 is 2.54 bits per heavy atom. The Morgan fingerprint density at radius 2 is 1.92 bits per heavy atom. The van der Waals surface area contributed by atoms with E-state index in [9.17, 15) is 18.0 Å². The van der Waals surface area contributed by atoms with Gasteiger partial charge in [-0.3, -0.25) is 9.35 Å². The van der Waals surface area contributed by atoms with Gasteiger partial charge in [0.2, 0.25) is 0 Å². The first-order chi connectivity index (χ1) is 11.3. The molecular weight excluding hydrogens is 336 g/mol. The van der Waals surface area contributed by atoms with Crippen LogP contribution in [0.1, 0.15) is 41.6 Å². The maximum Gasteiger partial charge on any atom is 0.341 e. The summed E-state index contributed by atoms with van der Waals surface area (Å²) in [4.78, 5) is 24.2. The number of ether oxygens (including phenoxy) is 2. The summed E-state index contributed by atoms with van der Waals surface area (Å²) >= 11 is 0. The standard InChI is InChI=1S/C16H20O7S/c1-11-6-7-13(16(18)22-8-9-24(19,20)21)14(10-11)23-15(17)12-4-2-3-5-12/h6-7,10,12H,2-5,8-9H2,1H3,(H,19,20,21). The van der Waals surface area contributed by atoms with Crippen molar-refractivity contribution >= 4 is 22.1 Å². The Labute approximate surface area is 140 Å². The van der Waals surface area contributed by atoms with Crippen molar-refractivity contribution in [2.75, 3.05) is 12.4 Å². The molecule has 0 spiro atoms. The summed E-state index contributed by atoms with van der Waals surface area (Å²) in [6, 6.07) is 4.68. The van der Waals surface area contributed by atoms with Crippen LogP contribution in [0.3, 0.4) is 0 Å². The van der Waals surface area contributed by atoms with Crippen LogP contribution in [0, 0.1) is 12.8 Å². The van der Waals surface area contributed by atoms with Crippen LogP contribution in [0.4, 0.5) is 0 Å². The molecule has 0 aromatic heterocycles. The highest BCUT2D eigenvalue weighted by Crippen LogP contribution is 2.28. The van der Waals surface area contributed by atoms with Gasteiger partial charge in [0.1, 0.15) is 23.7 Å². The van der Waals surface area contributed by atoms with Gasteiger partial charge in [0, 0.05) is 0 Å². The van der Waals surface area contributed by atoms with Crippen molar-refractivity contribution in [1.82, 2.24) is 0 Å². The molecule has 1 aliphatic rings. The van der Waals surface area contributed by atoms with Crippen molar-refractivity contribution in [3.8, 4) is 5.75 Å². The molecule has 0 unspecified atom stereocenters. The summed E-state index contributed by atoms with van der Waals surface area (Å²) in [7, 11) is -4.21. The topological polar surface area (TPSA) is 107 Å². The predicted octanol–water partition coefficient (Wildman–Crippen LogP) is 2.14. The number of hydrogen-bond acceptors (Lipinski definition) is 6. The summed E-state index contributed by atoms with van der Waals surface area (Å²) < 4.78 is 40.1. The fourth-order valence-corrected chi connectivity index (χ4v) is 2.85. The molecule has 1 aliphatic carbocycles. The van der Waals surface area contributed by atoms with E-state index in [2.05, 4.69) is 0 Å². The van der Waals surface area contributed by atoms with Gasteiger partial charge in [-0.1, -0.05) is 18.9 Å². The zero-order chi connectivity index (χ0) is 17.7. The molecule has 24 heavy (non-hydrogen) atoms. The Morgan fingerprint density at radius 1 is 1.25 bits per heavy atom. The van der Waals surface area contributed by atoms with Crippen molar-refractivity contribution in [2.24, 2.45) is 5.92 Å². The monoisotopic (exact) mass is 356 g/mol. The molecule has 1 aromatic carbocycles. The molecule has 1 saturated carbocycles. The number of aryl methyl sites for hydroxylation is 1. The zero-order valence-electron chi connectivity index (χ0n) is 13.4. The highest BCUT2D eigenvalue weighted by atomic mass is 32.2. The van der Waals surface area contributed by atoms with Gasteiger partial charge >= 0.3 is 11.9 Å². The van der Waals surface area contributed by atoms with Crippen LogP contribution in [-0.4, -0.2) is 37.3 Å². The van der Waals surface area contributed by atoms with Crippen molar-refractivity contribution in [3.63, 3.8) is 0 Å². The van der Waals surface area contributed by atoms with Crippen molar-refractivity contribution in [3.05, 3.63) is 29.3 Å². The van der Waals surface area contributed by atoms with Crippen LogP contribution in [-0.2, 0) is 19.6 Å². The molecule has 0 aliphatic heterocycles. The fraction of sp³-hybridized carbons (Fsp3) is 0.500. The van der Waals surface area contributed by atoms with E-state index in [1.54, 1.807) is 19.1 Å². The first-order valence-electron chi connectivity index (χ1n) is 7.71. The fourth-order valence-electron chi connectivity index (χ4n) is 2.55. The van der Waals surface area contributed by atoms with Gasteiger partial charge in [-0.15, -0.1) is 0 Å². The molecule has 1 N–H and O–H groups in total. The number of carbonyl (C=O) groups excluding carboxylic acids is 2. The van der Waals surface area contributed by atoms with Crippen LogP contribution < -0.4 is 4.74 Å². The van der Waals surface area contributed by atoms with Gasteiger partial charge in [-0.2, -0.15) is 8.42 Å². The summed E-state index contributed by atoms with van der Waals surface area (Å²) in [5, 5.41) is 0. The average Bonchev–Trinajstić information content (AvgIpc) is 3.00. The molecule has 132 valence electrons. The maximum absolute atomic E-state index is 12.2. The Balaban J connectivity index is 2.08. The molecule has 0 atom stereocenters. The van der Waals surface area contributed by atoms with E-state index >= 15 is 0 Å². The third-order valence-electron chi connectivity index (χ3n) is 3.83. The minimum Gasteiger partial charge on any atom is -0.461 e. The first-order valence-corrected chi connectivity index (χ1v) is 9.32. The first kappa shape index (κ1) is 18.4. The molecular formula is C16H20O7S. The Bertz CT molecular complexity index is 718. The van der Waals surface area contributed by atoms with Crippen molar-refractivity contribution in [1.29, 1.82) is 0 Å². The molecule has 2 rings (SSSR count).